The van der Waals surface area contributed by atoms with E-state index in [9.17, 15) is 0 Å². The van der Waals surface area contributed by atoms with Gasteiger partial charge in [0.2, 0.25) is 0 Å². The fraction of sp³-hybridized carbons (Fsp3) is 0.0625. The van der Waals surface area contributed by atoms with E-state index < -0.39 is 0 Å². The minimum Gasteiger partial charge on any atom is -0.382 e. The number of aryl methyl sites for hydroxylation is 1. The molecule has 3 N–H and O–H groups in total. The number of aromatic amines is 1. The summed E-state index contributed by atoms with van der Waals surface area (Å²) in [4.78, 5) is 0. The molecule has 3 nitrogen and oxygen atoms in total. The minimum absolute atomic E-state index is 0.451. The van der Waals surface area contributed by atoms with E-state index in [1.54, 1.807) is 6.07 Å². The second-order valence-corrected chi connectivity index (χ2v) is 5.76. The first kappa shape index (κ1) is 14.0. The maximum absolute atomic E-state index is 6.08. The van der Waals surface area contributed by atoms with Gasteiger partial charge in [0.15, 0.2) is 5.82 Å². The predicted octanol–water partition coefficient (Wildman–Crippen LogP) is 4.94. The number of aromatic nitrogens is 2. The van der Waals surface area contributed by atoms with Crippen molar-refractivity contribution < 1.29 is 0 Å². The van der Waals surface area contributed by atoms with Crippen LogP contribution in [0.2, 0.25) is 10.0 Å². The van der Waals surface area contributed by atoms with Crippen LogP contribution in [0.25, 0.3) is 22.4 Å². The van der Waals surface area contributed by atoms with E-state index in [2.05, 4.69) is 16.3 Å². The molecule has 0 aliphatic heterocycles. The van der Waals surface area contributed by atoms with Gasteiger partial charge in [-0.2, -0.15) is 5.10 Å². The van der Waals surface area contributed by atoms with Gasteiger partial charge in [-0.25, -0.2) is 0 Å². The maximum atomic E-state index is 6.08. The molecule has 0 saturated heterocycles. The number of nitrogens with one attached hydrogen (secondary N) is 1. The lowest BCUT2D eigenvalue weighted by Crippen LogP contribution is -1.89. The van der Waals surface area contributed by atoms with Crippen LogP contribution in [0.3, 0.4) is 0 Å². The molecule has 5 heteroatoms. The molecule has 0 aliphatic rings. The van der Waals surface area contributed by atoms with Crippen molar-refractivity contribution in [3.05, 3.63) is 58.1 Å². The number of H-pyrrole nitrogens is 1. The first-order chi connectivity index (χ1) is 10.0. The van der Waals surface area contributed by atoms with Crippen LogP contribution in [0.15, 0.2) is 42.5 Å². The highest BCUT2D eigenvalue weighted by Crippen LogP contribution is 2.36. The Morgan fingerprint density at radius 1 is 1.00 bits per heavy atom. The number of nitrogens with zero attached hydrogens (tertiary/aromatic N) is 1. The highest BCUT2D eigenvalue weighted by atomic mass is 35.5. The van der Waals surface area contributed by atoms with Crippen LogP contribution in [0.5, 0.6) is 0 Å². The standard InChI is InChI=1S/C16H13Cl2N3/c1-9-3-2-4-10(5-9)14-15(20-21-16(14)19)11-6-12(17)8-13(18)7-11/h2-8H,1H3,(H3,19,20,21). The second kappa shape index (κ2) is 5.43. The Morgan fingerprint density at radius 3 is 2.38 bits per heavy atom. The third-order valence-electron chi connectivity index (χ3n) is 3.25. The van der Waals surface area contributed by atoms with Gasteiger partial charge in [0.05, 0.1) is 11.3 Å². The monoisotopic (exact) mass is 317 g/mol. The van der Waals surface area contributed by atoms with Crippen LogP contribution in [0, 0.1) is 6.92 Å². The number of hydrogen-bond acceptors (Lipinski definition) is 2. The number of hydrogen-bond donors (Lipinski definition) is 2. The first-order valence-electron chi connectivity index (χ1n) is 6.42. The Balaban J connectivity index is 2.21. The van der Waals surface area contributed by atoms with E-state index in [-0.39, 0.29) is 0 Å². The third-order valence-corrected chi connectivity index (χ3v) is 3.69. The third kappa shape index (κ3) is 2.75. The molecule has 0 fully saturated rings. The van der Waals surface area contributed by atoms with E-state index >= 15 is 0 Å². The molecule has 3 aromatic rings. The van der Waals surface area contributed by atoms with E-state index in [4.69, 9.17) is 28.9 Å². The average molecular weight is 318 g/mol. The van der Waals surface area contributed by atoms with Gasteiger partial charge in [-0.1, -0.05) is 53.0 Å². The van der Waals surface area contributed by atoms with Crippen molar-refractivity contribution in [2.24, 2.45) is 0 Å². The lowest BCUT2D eigenvalue weighted by molar-refractivity contribution is 1.10. The number of halogens is 2. The van der Waals surface area contributed by atoms with Gasteiger partial charge in [-0.05, 0) is 30.7 Å². The lowest BCUT2D eigenvalue weighted by atomic mass is 9.99. The molecule has 0 saturated carbocycles. The van der Waals surface area contributed by atoms with E-state index in [1.807, 2.05) is 37.3 Å². The molecule has 0 aliphatic carbocycles. The number of nitrogen functional groups attached to an aromatic ring is 1. The SMILES string of the molecule is Cc1cccc(-c2c(N)n[nH]c2-c2cc(Cl)cc(Cl)c2)c1. The summed E-state index contributed by atoms with van der Waals surface area (Å²) in [6, 6.07) is 13.5. The van der Waals surface area contributed by atoms with E-state index in [1.165, 1.54) is 0 Å². The van der Waals surface area contributed by atoms with Crippen molar-refractivity contribution in [2.45, 2.75) is 6.92 Å². The van der Waals surface area contributed by atoms with Gasteiger partial charge in [-0.3, -0.25) is 5.10 Å². The maximum Gasteiger partial charge on any atom is 0.153 e. The van der Waals surface area contributed by atoms with Crippen LogP contribution in [0.1, 0.15) is 5.56 Å². The molecule has 0 radical (unpaired) electrons. The van der Waals surface area contributed by atoms with Crippen LogP contribution in [-0.4, -0.2) is 10.2 Å². The molecule has 3 rings (SSSR count). The summed E-state index contributed by atoms with van der Waals surface area (Å²) in [6.07, 6.45) is 0. The van der Waals surface area contributed by atoms with Gasteiger partial charge in [0, 0.05) is 15.6 Å². The average Bonchev–Trinajstić information content (AvgIpc) is 2.79. The van der Waals surface area contributed by atoms with Gasteiger partial charge >= 0.3 is 0 Å². The summed E-state index contributed by atoms with van der Waals surface area (Å²) in [5.74, 6) is 0.451. The molecular weight excluding hydrogens is 305 g/mol. The Kier molecular flexibility index (Phi) is 3.62. The summed E-state index contributed by atoms with van der Waals surface area (Å²) >= 11 is 12.2. The Morgan fingerprint density at radius 2 is 1.71 bits per heavy atom. The zero-order valence-corrected chi connectivity index (χ0v) is 12.8. The summed E-state index contributed by atoms with van der Waals surface area (Å²) < 4.78 is 0. The number of benzene rings is 2. The quantitative estimate of drug-likeness (QED) is 0.703. The van der Waals surface area contributed by atoms with Crippen molar-refractivity contribution in [3.8, 4) is 22.4 Å². The van der Waals surface area contributed by atoms with Crippen molar-refractivity contribution in [1.82, 2.24) is 10.2 Å². The van der Waals surface area contributed by atoms with Crippen LogP contribution >= 0.6 is 23.2 Å². The molecule has 0 amide bonds. The molecule has 0 unspecified atom stereocenters. The molecule has 2 aromatic carbocycles. The van der Waals surface area contributed by atoms with Crippen molar-refractivity contribution in [1.29, 1.82) is 0 Å². The summed E-state index contributed by atoms with van der Waals surface area (Å²) in [5.41, 5.74) is 10.7. The summed E-state index contributed by atoms with van der Waals surface area (Å²) in [6.45, 7) is 2.04. The lowest BCUT2D eigenvalue weighted by Gasteiger charge is -2.07. The fourth-order valence-electron chi connectivity index (χ4n) is 2.36. The van der Waals surface area contributed by atoms with Crippen molar-refractivity contribution in [2.75, 3.05) is 5.73 Å². The van der Waals surface area contributed by atoms with Crippen molar-refractivity contribution >= 4 is 29.0 Å². The largest absolute Gasteiger partial charge is 0.382 e. The molecule has 0 bridgehead atoms. The smallest absolute Gasteiger partial charge is 0.153 e. The number of rotatable bonds is 2. The van der Waals surface area contributed by atoms with Crippen molar-refractivity contribution in [3.63, 3.8) is 0 Å². The highest BCUT2D eigenvalue weighted by molar-refractivity contribution is 6.35. The normalized spacial score (nSPS) is 10.8. The van der Waals surface area contributed by atoms with Gasteiger partial charge in [-0.15, -0.1) is 0 Å². The minimum atomic E-state index is 0.451. The van der Waals surface area contributed by atoms with Gasteiger partial charge in [0.25, 0.3) is 0 Å². The molecule has 1 aromatic heterocycles. The molecule has 0 atom stereocenters. The molecule has 1 heterocycles. The highest BCUT2D eigenvalue weighted by Gasteiger charge is 2.15. The Labute approximate surface area is 132 Å². The van der Waals surface area contributed by atoms with Crippen LogP contribution < -0.4 is 5.73 Å². The number of anilines is 1. The summed E-state index contributed by atoms with van der Waals surface area (Å²) in [5, 5.41) is 8.24. The zero-order chi connectivity index (χ0) is 15.0. The summed E-state index contributed by atoms with van der Waals surface area (Å²) in [7, 11) is 0. The van der Waals surface area contributed by atoms with Gasteiger partial charge in [0.1, 0.15) is 0 Å². The van der Waals surface area contributed by atoms with Crippen LogP contribution in [0.4, 0.5) is 5.82 Å². The molecule has 106 valence electrons. The van der Waals surface area contributed by atoms with Gasteiger partial charge < -0.3 is 5.73 Å². The second-order valence-electron chi connectivity index (χ2n) is 4.89. The fourth-order valence-corrected chi connectivity index (χ4v) is 2.88. The Hall–Kier alpha value is -1.97. The number of nitrogens with two attached hydrogens (primary N) is 1. The van der Waals surface area contributed by atoms with Crippen LogP contribution in [-0.2, 0) is 0 Å². The molecule has 21 heavy (non-hydrogen) atoms. The van der Waals surface area contributed by atoms with E-state index in [0.29, 0.717) is 15.9 Å². The predicted molar refractivity (Wildman–Crippen MR) is 88.6 cm³/mol. The molecular formula is C16H13Cl2N3. The topological polar surface area (TPSA) is 54.7 Å². The first-order valence-corrected chi connectivity index (χ1v) is 7.17. The zero-order valence-electron chi connectivity index (χ0n) is 11.3. The van der Waals surface area contributed by atoms with E-state index in [0.717, 1.165) is 27.9 Å². The molecule has 0 spiro atoms. The Bertz CT molecular complexity index is 789.